The molecule has 19 heavy (non-hydrogen) atoms. The lowest BCUT2D eigenvalue weighted by Gasteiger charge is -2.26. The number of hydrogen-bond donors (Lipinski definition) is 1. The first-order valence-corrected chi connectivity index (χ1v) is 8.36. The predicted molar refractivity (Wildman–Crippen MR) is 72.7 cm³/mol. The molecule has 1 aliphatic carbocycles. The predicted octanol–water partition coefficient (Wildman–Crippen LogP) is 1.87. The van der Waals surface area contributed by atoms with Crippen LogP contribution in [0.3, 0.4) is 0 Å². The van der Waals surface area contributed by atoms with Gasteiger partial charge in [-0.3, -0.25) is 4.79 Å². The zero-order valence-electron chi connectivity index (χ0n) is 11.1. The minimum Gasteiger partial charge on any atom is -0.346 e. The van der Waals surface area contributed by atoms with Crippen molar-refractivity contribution in [1.29, 1.82) is 0 Å². The van der Waals surface area contributed by atoms with Gasteiger partial charge in [0, 0.05) is 29.5 Å². The molecular formula is C12H17ClN2O3S. The molecule has 1 fully saturated rings. The maximum absolute atomic E-state index is 12.2. The molecule has 0 aromatic carbocycles. The highest BCUT2D eigenvalue weighted by molar-refractivity contribution is 8.13. The summed E-state index contributed by atoms with van der Waals surface area (Å²) >= 11 is 0. The molecule has 5 nitrogen and oxygen atoms in total. The van der Waals surface area contributed by atoms with E-state index in [0.29, 0.717) is 5.92 Å². The number of amides is 1. The number of aryl methyl sites for hydroxylation is 1. The van der Waals surface area contributed by atoms with Gasteiger partial charge in [0.2, 0.25) is 0 Å². The van der Waals surface area contributed by atoms with Crippen LogP contribution in [0.25, 0.3) is 0 Å². The van der Waals surface area contributed by atoms with E-state index in [1.807, 2.05) is 13.8 Å². The van der Waals surface area contributed by atoms with Crippen molar-refractivity contribution in [2.24, 2.45) is 13.0 Å². The van der Waals surface area contributed by atoms with Crippen molar-refractivity contribution in [1.82, 2.24) is 9.88 Å². The van der Waals surface area contributed by atoms with Crippen molar-refractivity contribution >= 4 is 25.6 Å². The molecule has 0 radical (unpaired) electrons. The molecule has 1 heterocycles. The number of halogens is 1. The summed E-state index contributed by atoms with van der Waals surface area (Å²) in [4.78, 5) is 12.1. The summed E-state index contributed by atoms with van der Waals surface area (Å²) in [6, 6.07) is 1.29. The second kappa shape index (κ2) is 4.52. The molecule has 7 heteroatoms. The molecule has 0 atom stereocenters. The van der Waals surface area contributed by atoms with E-state index in [1.165, 1.54) is 16.8 Å². The van der Waals surface area contributed by atoms with Gasteiger partial charge in [-0.1, -0.05) is 0 Å². The number of nitrogens with zero attached hydrogens (tertiary/aromatic N) is 1. The maximum Gasteiger partial charge on any atom is 0.268 e. The van der Waals surface area contributed by atoms with Gasteiger partial charge in [0.1, 0.15) is 10.6 Å². The average Bonchev–Trinajstić information content (AvgIpc) is 3.00. The van der Waals surface area contributed by atoms with Crippen LogP contribution < -0.4 is 5.32 Å². The maximum atomic E-state index is 12.2. The van der Waals surface area contributed by atoms with Crippen molar-refractivity contribution in [3.05, 3.63) is 18.0 Å². The van der Waals surface area contributed by atoms with Crippen LogP contribution in [0.5, 0.6) is 0 Å². The van der Waals surface area contributed by atoms with Crippen molar-refractivity contribution in [3.63, 3.8) is 0 Å². The first kappa shape index (κ1) is 14.4. The molecular weight excluding hydrogens is 288 g/mol. The van der Waals surface area contributed by atoms with Crippen LogP contribution in [0.4, 0.5) is 0 Å². The summed E-state index contributed by atoms with van der Waals surface area (Å²) in [6.45, 7) is 3.95. The highest BCUT2D eigenvalue weighted by atomic mass is 35.7. The minimum atomic E-state index is -3.81. The molecule has 2 rings (SSSR count). The Morgan fingerprint density at radius 2 is 2.05 bits per heavy atom. The van der Waals surface area contributed by atoms with E-state index in [1.54, 1.807) is 7.05 Å². The summed E-state index contributed by atoms with van der Waals surface area (Å²) in [6.07, 6.45) is 3.56. The molecule has 106 valence electrons. The highest BCUT2D eigenvalue weighted by Gasteiger charge is 2.39. The quantitative estimate of drug-likeness (QED) is 0.864. The Labute approximate surface area is 117 Å². The summed E-state index contributed by atoms with van der Waals surface area (Å²) < 4.78 is 24.0. The topological polar surface area (TPSA) is 68.2 Å². The first-order valence-electron chi connectivity index (χ1n) is 6.05. The number of carbonyl (C=O) groups excluding carboxylic acids is 1. The molecule has 0 spiro atoms. The Morgan fingerprint density at radius 1 is 1.47 bits per heavy atom. The standard InChI is InChI=1S/C12H17ClN2O3S/c1-12(2,8-4-5-8)14-11(16)10-6-9(7-15(10)3)19(13,17)18/h6-8H,4-5H2,1-3H3,(H,14,16). The zero-order valence-corrected chi connectivity index (χ0v) is 12.7. The van der Waals surface area contributed by atoms with E-state index in [-0.39, 0.29) is 22.0 Å². The first-order chi connectivity index (χ1) is 8.61. The van der Waals surface area contributed by atoms with E-state index in [9.17, 15) is 13.2 Å². The van der Waals surface area contributed by atoms with Crippen LogP contribution in [0.15, 0.2) is 17.2 Å². The van der Waals surface area contributed by atoms with E-state index < -0.39 is 9.05 Å². The fraction of sp³-hybridized carbons (Fsp3) is 0.583. The van der Waals surface area contributed by atoms with Gasteiger partial charge in [-0.05, 0) is 38.7 Å². The van der Waals surface area contributed by atoms with Gasteiger partial charge >= 0.3 is 0 Å². The Bertz CT molecular complexity index is 615. The largest absolute Gasteiger partial charge is 0.346 e. The monoisotopic (exact) mass is 304 g/mol. The summed E-state index contributed by atoms with van der Waals surface area (Å²) in [5.41, 5.74) is 0.00871. The number of rotatable bonds is 4. The number of carbonyl (C=O) groups is 1. The van der Waals surface area contributed by atoms with Gasteiger partial charge in [0.25, 0.3) is 15.0 Å². The molecule has 1 saturated carbocycles. The zero-order chi connectivity index (χ0) is 14.4. The van der Waals surface area contributed by atoms with Gasteiger partial charge in [-0.15, -0.1) is 0 Å². The fourth-order valence-electron chi connectivity index (χ4n) is 2.16. The van der Waals surface area contributed by atoms with Crippen molar-refractivity contribution < 1.29 is 13.2 Å². The molecule has 0 unspecified atom stereocenters. The Morgan fingerprint density at radius 3 is 2.47 bits per heavy atom. The van der Waals surface area contributed by atoms with Crippen LogP contribution in [-0.4, -0.2) is 24.4 Å². The van der Waals surface area contributed by atoms with Gasteiger partial charge in [-0.25, -0.2) is 8.42 Å². The summed E-state index contributed by atoms with van der Waals surface area (Å²) in [5.74, 6) is 0.207. The second-order valence-corrected chi connectivity index (χ2v) is 8.13. The SMILES string of the molecule is Cn1cc(S(=O)(=O)Cl)cc1C(=O)NC(C)(C)C1CC1. The van der Waals surface area contributed by atoms with Crippen LogP contribution in [0.1, 0.15) is 37.2 Å². The summed E-state index contributed by atoms with van der Waals surface area (Å²) in [5, 5.41) is 2.94. The Balaban J connectivity index is 2.22. The molecule has 1 N–H and O–H groups in total. The lowest BCUT2D eigenvalue weighted by atomic mass is 9.98. The fourth-order valence-corrected chi connectivity index (χ4v) is 2.95. The smallest absolute Gasteiger partial charge is 0.268 e. The third-order valence-corrected chi connectivity index (χ3v) is 4.85. The molecule has 1 amide bonds. The number of aromatic nitrogens is 1. The van der Waals surface area contributed by atoms with E-state index in [0.717, 1.165) is 12.8 Å². The van der Waals surface area contributed by atoms with Crippen LogP contribution in [-0.2, 0) is 16.1 Å². The molecule has 1 aromatic rings. The third kappa shape index (κ3) is 3.12. The molecule has 0 aliphatic heterocycles. The van der Waals surface area contributed by atoms with Gasteiger partial charge in [0.15, 0.2) is 0 Å². The van der Waals surface area contributed by atoms with Gasteiger partial charge in [0.05, 0.1) is 0 Å². The Hall–Kier alpha value is -1.01. The highest BCUT2D eigenvalue weighted by Crippen LogP contribution is 2.39. The average molecular weight is 305 g/mol. The van der Waals surface area contributed by atoms with E-state index >= 15 is 0 Å². The molecule has 1 aliphatic rings. The second-order valence-electron chi connectivity index (χ2n) is 5.56. The van der Waals surface area contributed by atoms with Crippen molar-refractivity contribution in [2.45, 2.75) is 37.1 Å². The van der Waals surface area contributed by atoms with Crippen molar-refractivity contribution in [3.8, 4) is 0 Å². The van der Waals surface area contributed by atoms with E-state index in [4.69, 9.17) is 10.7 Å². The molecule has 1 aromatic heterocycles. The van der Waals surface area contributed by atoms with Crippen LogP contribution in [0.2, 0.25) is 0 Å². The van der Waals surface area contributed by atoms with Gasteiger partial charge in [-0.2, -0.15) is 0 Å². The molecule has 0 bridgehead atoms. The van der Waals surface area contributed by atoms with Gasteiger partial charge < -0.3 is 9.88 Å². The third-order valence-electron chi connectivity index (χ3n) is 3.53. The number of hydrogen-bond acceptors (Lipinski definition) is 3. The summed E-state index contributed by atoms with van der Waals surface area (Å²) in [7, 11) is 3.07. The van der Waals surface area contributed by atoms with Crippen LogP contribution >= 0.6 is 10.7 Å². The van der Waals surface area contributed by atoms with E-state index in [2.05, 4.69) is 5.32 Å². The van der Waals surface area contributed by atoms with Crippen molar-refractivity contribution in [2.75, 3.05) is 0 Å². The number of nitrogens with one attached hydrogen (secondary N) is 1. The lowest BCUT2D eigenvalue weighted by Crippen LogP contribution is -2.45. The normalized spacial score (nSPS) is 16.4. The minimum absolute atomic E-state index is 0.0638. The van der Waals surface area contributed by atoms with Crippen LogP contribution in [0, 0.1) is 5.92 Å². The lowest BCUT2D eigenvalue weighted by molar-refractivity contribution is 0.0895. The Kier molecular flexibility index (Phi) is 3.43. The molecule has 0 saturated heterocycles.